The van der Waals surface area contributed by atoms with Gasteiger partial charge in [0.25, 0.3) is 0 Å². The van der Waals surface area contributed by atoms with E-state index < -0.39 is 11.9 Å². The molecule has 5 nitrogen and oxygen atoms in total. The number of carbonyl (C=O) groups excluding carboxylic acids is 1. The number of carboxylic acids is 1. The summed E-state index contributed by atoms with van der Waals surface area (Å²) in [5, 5.41) is 11.0. The molecule has 1 fully saturated rings. The van der Waals surface area contributed by atoms with Crippen LogP contribution < -0.4 is 0 Å². The number of Topliss-reactive ketones (excluding diaryl/α,β-unsaturated/α-hetero) is 1. The molecule has 1 aliphatic rings. The maximum Gasteiger partial charge on any atom is 0.304 e. The molecule has 1 N–H and O–H groups in total. The molecule has 1 aliphatic heterocycles. The number of piperidine rings is 1. The maximum atomic E-state index is 12.5. The summed E-state index contributed by atoms with van der Waals surface area (Å²) in [6.07, 6.45) is 2.04. The summed E-state index contributed by atoms with van der Waals surface area (Å²) in [4.78, 5) is 28.8. The molecule has 1 saturated heterocycles. The van der Waals surface area contributed by atoms with Gasteiger partial charge in [-0.1, -0.05) is 6.07 Å². The van der Waals surface area contributed by atoms with Gasteiger partial charge in [0, 0.05) is 18.5 Å². The summed E-state index contributed by atoms with van der Waals surface area (Å²) in [7, 11) is 4.12. The van der Waals surface area contributed by atoms with Crippen LogP contribution in [0.4, 0.5) is 0 Å². The number of likely N-dealkylation sites (tertiary alicyclic amines) is 1. The van der Waals surface area contributed by atoms with Crippen LogP contribution in [0, 0.1) is 5.92 Å². The molecule has 2 heterocycles. The van der Waals surface area contributed by atoms with Crippen LogP contribution in [0.1, 0.15) is 28.9 Å². The van der Waals surface area contributed by atoms with E-state index in [0.717, 1.165) is 25.9 Å². The number of rotatable bonds is 7. The normalized spacial score (nSPS) is 18.5. The van der Waals surface area contributed by atoms with Crippen molar-refractivity contribution in [1.29, 1.82) is 0 Å². The van der Waals surface area contributed by atoms with Gasteiger partial charge >= 0.3 is 5.97 Å². The van der Waals surface area contributed by atoms with Gasteiger partial charge in [-0.15, -0.1) is 11.3 Å². The Kier molecular flexibility index (Phi) is 6.11. The number of aliphatic carboxylic acids is 1. The van der Waals surface area contributed by atoms with E-state index in [-0.39, 0.29) is 12.2 Å². The van der Waals surface area contributed by atoms with E-state index in [1.807, 2.05) is 18.5 Å². The van der Waals surface area contributed by atoms with Gasteiger partial charge in [0.05, 0.1) is 11.3 Å². The van der Waals surface area contributed by atoms with Crippen LogP contribution >= 0.6 is 11.3 Å². The second kappa shape index (κ2) is 7.85. The highest BCUT2D eigenvalue weighted by atomic mass is 32.1. The first-order valence-corrected chi connectivity index (χ1v) is 8.53. The van der Waals surface area contributed by atoms with Crippen molar-refractivity contribution in [3.63, 3.8) is 0 Å². The molecular formula is C16H24N2O3S. The van der Waals surface area contributed by atoms with Crippen LogP contribution in [0.25, 0.3) is 0 Å². The van der Waals surface area contributed by atoms with E-state index in [2.05, 4.69) is 16.8 Å². The lowest BCUT2D eigenvalue weighted by molar-refractivity contribution is -0.137. The number of nitrogens with zero attached hydrogens (tertiary/aromatic N) is 2. The Bertz CT molecular complexity index is 495. The molecule has 6 heteroatoms. The van der Waals surface area contributed by atoms with E-state index in [9.17, 15) is 9.59 Å². The zero-order valence-corrected chi connectivity index (χ0v) is 14.0. The molecule has 0 amide bonds. The Morgan fingerprint density at radius 2 is 2.14 bits per heavy atom. The van der Waals surface area contributed by atoms with Gasteiger partial charge in [-0.05, 0) is 51.5 Å². The summed E-state index contributed by atoms with van der Waals surface area (Å²) >= 11 is 1.38. The first-order valence-electron chi connectivity index (χ1n) is 7.65. The minimum absolute atomic E-state index is 0.0443. The molecule has 1 aromatic rings. The minimum Gasteiger partial charge on any atom is -0.481 e. The predicted molar refractivity (Wildman–Crippen MR) is 87.5 cm³/mol. The fraction of sp³-hybridized carbons (Fsp3) is 0.625. The number of carbonyl (C=O) groups is 2. The van der Waals surface area contributed by atoms with Crippen molar-refractivity contribution in [2.75, 3.05) is 33.7 Å². The molecule has 122 valence electrons. The highest BCUT2D eigenvalue weighted by Gasteiger charge is 2.28. The van der Waals surface area contributed by atoms with Gasteiger partial charge in [0.2, 0.25) is 0 Å². The van der Waals surface area contributed by atoms with E-state index in [0.29, 0.717) is 17.5 Å². The van der Waals surface area contributed by atoms with Gasteiger partial charge in [0.15, 0.2) is 5.78 Å². The first kappa shape index (κ1) is 17.1. The molecule has 0 aliphatic carbocycles. The Hall–Kier alpha value is -1.24. The number of ketones is 1. The number of carboxylic acid groups (broad SMARTS) is 1. The van der Waals surface area contributed by atoms with E-state index in [1.165, 1.54) is 11.3 Å². The number of hydrogen-bond acceptors (Lipinski definition) is 5. The summed E-state index contributed by atoms with van der Waals surface area (Å²) in [5.74, 6) is -1.43. The molecule has 1 atom stereocenters. The summed E-state index contributed by atoms with van der Waals surface area (Å²) < 4.78 is 0. The summed E-state index contributed by atoms with van der Waals surface area (Å²) in [6.45, 7) is 2.62. The standard InChI is InChI=1S/C16H24N2O3S/c1-17-7-5-13(6-8-17)18(2)11-12(10-15(19)20)16(21)14-4-3-9-22-14/h3-4,9,12-13H,5-8,10-11H2,1-2H3,(H,19,20). The lowest BCUT2D eigenvalue weighted by Crippen LogP contribution is -2.44. The third-order valence-corrected chi connectivity index (χ3v) is 5.26. The lowest BCUT2D eigenvalue weighted by atomic mass is 9.96. The van der Waals surface area contributed by atoms with Crippen molar-refractivity contribution in [3.8, 4) is 0 Å². The van der Waals surface area contributed by atoms with E-state index in [1.54, 1.807) is 6.07 Å². The third kappa shape index (κ3) is 4.63. The third-order valence-electron chi connectivity index (χ3n) is 4.38. The average Bonchev–Trinajstić information content (AvgIpc) is 3.00. The molecule has 0 bridgehead atoms. The number of hydrogen-bond donors (Lipinski definition) is 1. The van der Waals surface area contributed by atoms with Gasteiger partial charge in [-0.2, -0.15) is 0 Å². The molecule has 2 rings (SSSR count). The van der Waals surface area contributed by atoms with Crippen molar-refractivity contribution in [3.05, 3.63) is 22.4 Å². The van der Waals surface area contributed by atoms with Gasteiger partial charge in [0.1, 0.15) is 0 Å². The molecule has 1 unspecified atom stereocenters. The molecule has 1 aromatic heterocycles. The molecule has 0 saturated carbocycles. The van der Waals surface area contributed by atoms with Crippen molar-refractivity contribution in [2.24, 2.45) is 5.92 Å². The smallest absolute Gasteiger partial charge is 0.304 e. The predicted octanol–water partition coefficient (Wildman–Crippen LogP) is 2.05. The molecule has 0 spiro atoms. The monoisotopic (exact) mass is 324 g/mol. The molecule has 0 aromatic carbocycles. The lowest BCUT2D eigenvalue weighted by Gasteiger charge is -2.36. The van der Waals surface area contributed by atoms with E-state index >= 15 is 0 Å². The molecular weight excluding hydrogens is 300 g/mol. The quantitative estimate of drug-likeness (QED) is 0.778. The van der Waals surface area contributed by atoms with Crippen LogP contribution in [0.5, 0.6) is 0 Å². The van der Waals surface area contributed by atoms with Gasteiger partial charge in [-0.3, -0.25) is 9.59 Å². The fourth-order valence-electron chi connectivity index (χ4n) is 3.00. The van der Waals surface area contributed by atoms with Crippen molar-refractivity contribution in [2.45, 2.75) is 25.3 Å². The molecule has 22 heavy (non-hydrogen) atoms. The topological polar surface area (TPSA) is 60.9 Å². The SMILES string of the molecule is CN1CCC(N(C)CC(CC(=O)O)C(=O)c2cccs2)CC1. The second-order valence-electron chi connectivity index (χ2n) is 6.11. The van der Waals surface area contributed by atoms with Gasteiger partial charge < -0.3 is 14.9 Å². The highest BCUT2D eigenvalue weighted by molar-refractivity contribution is 7.12. The fourth-order valence-corrected chi connectivity index (χ4v) is 3.75. The zero-order chi connectivity index (χ0) is 16.1. The Morgan fingerprint density at radius 1 is 1.45 bits per heavy atom. The van der Waals surface area contributed by atoms with E-state index in [4.69, 9.17) is 5.11 Å². The summed E-state index contributed by atoms with van der Waals surface area (Å²) in [6, 6.07) is 4.04. The second-order valence-corrected chi connectivity index (χ2v) is 7.06. The summed E-state index contributed by atoms with van der Waals surface area (Å²) in [5.41, 5.74) is 0. The van der Waals surface area contributed by atoms with Crippen molar-refractivity contribution in [1.82, 2.24) is 9.80 Å². The maximum absolute atomic E-state index is 12.5. The van der Waals surface area contributed by atoms with Crippen molar-refractivity contribution >= 4 is 23.1 Å². The van der Waals surface area contributed by atoms with Crippen molar-refractivity contribution < 1.29 is 14.7 Å². The van der Waals surface area contributed by atoms with Crippen LogP contribution in [0.3, 0.4) is 0 Å². The van der Waals surface area contributed by atoms with Crippen LogP contribution in [-0.2, 0) is 4.79 Å². The average molecular weight is 324 g/mol. The minimum atomic E-state index is -0.910. The van der Waals surface area contributed by atoms with Crippen LogP contribution in [-0.4, -0.2) is 66.4 Å². The van der Waals surface area contributed by atoms with Crippen LogP contribution in [0.2, 0.25) is 0 Å². The Labute approximate surface area is 135 Å². The highest BCUT2D eigenvalue weighted by Crippen LogP contribution is 2.21. The Morgan fingerprint density at radius 3 is 2.68 bits per heavy atom. The molecule has 0 radical (unpaired) electrons. The largest absolute Gasteiger partial charge is 0.481 e. The first-order chi connectivity index (χ1) is 10.5. The number of thiophene rings is 1. The zero-order valence-electron chi connectivity index (χ0n) is 13.2. The van der Waals surface area contributed by atoms with Gasteiger partial charge in [-0.25, -0.2) is 0 Å². The Balaban J connectivity index is 2.00. The van der Waals surface area contributed by atoms with Crippen LogP contribution in [0.15, 0.2) is 17.5 Å².